The van der Waals surface area contributed by atoms with Crippen LogP contribution in [0.2, 0.25) is 0 Å². The molecule has 3 nitrogen and oxygen atoms in total. The number of amides is 1. The van der Waals surface area contributed by atoms with Gasteiger partial charge in [0.25, 0.3) is 5.91 Å². The van der Waals surface area contributed by atoms with Gasteiger partial charge in [-0.2, -0.15) is 0 Å². The largest absolute Gasteiger partial charge is 0.356 e. The first-order chi connectivity index (χ1) is 10.1. The van der Waals surface area contributed by atoms with E-state index < -0.39 is 0 Å². The number of rotatable bonds is 4. The number of aromatic amines is 1. The zero-order valence-corrected chi connectivity index (χ0v) is 13.9. The lowest BCUT2D eigenvalue weighted by atomic mass is 9.49. The monoisotopic (exact) mass is 350 g/mol. The van der Waals surface area contributed by atoms with Crippen LogP contribution in [-0.4, -0.2) is 17.4 Å². The van der Waals surface area contributed by atoms with Crippen molar-refractivity contribution in [3.63, 3.8) is 0 Å². The van der Waals surface area contributed by atoms with Crippen molar-refractivity contribution in [2.24, 2.45) is 23.2 Å². The van der Waals surface area contributed by atoms with Gasteiger partial charge in [-0.05, 0) is 90.1 Å². The van der Waals surface area contributed by atoms with Crippen LogP contribution in [0.1, 0.15) is 55.4 Å². The van der Waals surface area contributed by atoms with Crippen LogP contribution >= 0.6 is 15.9 Å². The van der Waals surface area contributed by atoms with Crippen LogP contribution in [0.5, 0.6) is 0 Å². The fourth-order valence-electron chi connectivity index (χ4n) is 5.63. The maximum atomic E-state index is 12.1. The van der Waals surface area contributed by atoms with Crippen molar-refractivity contribution in [1.82, 2.24) is 10.3 Å². The molecular formula is C17H23BrN2O. The van der Waals surface area contributed by atoms with Gasteiger partial charge in [-0.1, -0.05) is 0 Å². The summed E-state index contributed by atoms with van der Waals surface area (Å²) in [7, 11) is 0. The Balaban J connectivity index is 1.34. The molecule has 1 heterocycles. The van der Waals surface area contributed by atoms with Crippen LogP contribution in [0.25, 0.3) is 0 Å². The normalized spacial score (nSPS) is 36.9. The molecule has 4 bridgehead atoms. The van der Waals surface area contributed by atoms with Gasteiger partial charge in [-0.25, -0.2) is 0 Å². The first-order valence-electron chi connectivity index (χ1n) is 8.24. The number of nitrogens with one attached hydrogen (secondary N) is 2. The zero-order chi connectivity index (χ0) is 14.4. The highest BCUT2D eigenvalue weighted by Gasteiger charge is 2.50. The van der Waals surface area contributed by atoms with E-state index in [1.54, 1.807) is 6.20 Å². The minimum atomic E-state index is 0.0189. The fourth-order valence-corrected chi connectivity index (χ4v) is 5.98. The summed E-state index contributed by atoms with van der Waals surface area (Å²) in [6, 6.07) is 1.83. The number of hydrogen-bond donors (Lipinski definition) is 2. The summed E-state index contributed by atoms with van der Waals surface area (Å²) in [4.78, 5) is 15.1. The Morgan fingerprint density at radius 2 is 1.86 bits per heavy atom. The van der Waals surface area contributed by atoms with E-state index in [9.17, 15) is 4.79 Å². The molecule has 21 heavy (non-hydrogen) atoms. The Labute approximate surface area is 134 Å². The van der Waals surface area contributed by atoms with Crippen LogP contribution in [0.15, 0.2) is 16.7 Å². The van der Waals surface area contributed by atoms with Crippen molar-refractivity contribution in [2.45, 2.75) is 44.9 Å². The van der Waals surface area contributed by atoms with Crippen LogP contribution in [0.3, 0.4) is 0 Å². The maximum Gasteiger partial charge on any atom is 0.267 e. The molecule has 1 aromatic heterocycles. The van der Waals surface area contributed by atoms with Crippen molar-refractivity contribution in [2.75, 3.05) is 6.54 Å². The third-order valence-electron chi connectivity index (χ3n) is 6.00. The molecule has 0 unspecified atom stereocenters. The lowest BCUT2D eigenvalue weighted by Crippen LogP contribution is -2.47. The molecule has 4 aliphatic rings. The number of carbonyl (C=O) groups excluding carboxylic acids is 1. The second-order valence-corrected chi connectivity index (χ2v) is 8.57. The molecule has 4 aliphatic carbocycles. The van der Waals surface area contributed by atoms with E-state index in [2.05, 4.69) is 26.2 Å². The zero-order valence-electron chi connectivity index (χ0n) is 12.3. The van der Waals surface area contributed by atoms with E-state index in [4.69, 9.17) is 0 Å². The summed E-state index contributed by atoms with van der Waals surface area (Å²) in [5.41, 5.74) is 1.20. The molecule has 0 aliphatic heterocycles. The predicted octanol–water partition coefficient (Wildman–Crippen LogP) is 4.11. The summed E-state index contributed by atoms with van der Waals surface area (Å²) >= 11 is 3.37. The summed E-state index contributed by atoms with van der Waals surface area (Å²) < 4.78 is 0.925. The van der Waals surface area contributed by atoms with Crippen LogP contribution < -0.4 is 5.32 Å². The van der Waals surface area contributed by atoms with Gasteiger partial charge < -0.3 is 10.3 Å². The first-order valence-corrected chi connectivity index (χ1v) is 9.03. The lowest BCUT2D eigenvalue weighted by Gasteiger charge is -2.57. The number of H-pyrrole nitrogens is 1. The fraction of sp³-hybridized carbons (Fsp3) is 0.706. The second kappa shape index (κ2) is 5.15. The van der Waals surface area contributed by atoms with Gasteiger partial charge in [0.1, 0.15) is 5.69 Å². The van der Waals surface area contributed by atoms with Crippen LogP contribution in [0, 0.1) is 23.2 Å². The van der Waals surface area contributed by atoms with Gasteiger partial charge in [0.2, 0.25) is 0 Å². The third kappa shape index (κ3) is 2.67. The van der Waals surface area contributed by atoms with E-state index in [1.807, 2.05) is 6.07 Å². The highest BCUT2D eigenvalue weighted by Crippen LogP contribution is 2.61. The molecule has 0 spiro atoms. The van der Waals surface area contributed by atoms with Gasteiger partial charge in [0.15, 0.2) is 0 Å². The summed E-state index contributed by atoms with van der Waals surface area (Å²) in [5, 5.41) is 3.10. The molecule has 4 fully saturated rings. The Kier molecular flexibility index (Phi) is 3.40. The number of carbonyl (C=O) groups is 1. The highest BCUT2D eigenvalue weighted by molar-refractivity contribution is 9.10. The summed E-state index contributed by atoms with van der Waals surface area (Å²) in [5.74, 6) is 2.99. The van der Waals surface area contributed by atoms with Crippen LogP contribution in [0.4, 0.5) is 0 Å². The molecule has 5 rings (SSSR count). The number of hydrogen-bond acceptors (Lipinski definition) is 1. The first kappa shape index (κ1) is 13.9. The quantitative estimate of drug-likeness (QED) is 0.842. The SMILES string of the molecule is O=C(NCCC12CC3CC(CC(C3)C1)C2)c1cc(Br)c[nH]1. The topological polar surface area (TPSA) is 44.9 Å². The molecular weight excluding hydrogens is 328 g/mol. The average molecular weight is 351 g/mol. The predicted molar refractivity (Wildman–Crippen MR) is 86.0 cm³/mol. The second-order valence-electron chi connectivity index (χ2n) is 7.66. The van der Waals surface area contributed by atoms with Crippen LogP contribution in [-0.2, 0) is 0 Å². The summed E-state index contributed by atoms with van der Waals surface area (Å²) in [6.45, 7) is 0.821. The van der Waals surface area contributed by atoms with E-state index in [0.717, 1.165) is 28.8 Å². The Morgan fingerprint density at radius 1 is 1.24 bits per heavy atom. The highest BCUT2D eigenvalue weighted by atomic mass is 79.9. The van der Waals surface area contributed by atoms with Crippen molar-refractivity contribution in [3.05, 3.63) is 22.4 Å². The van der Waals surface area contributed by atoms with Gasteiger partial charge >= 0.3 is 0 Å². The number of aromatic nitrogens is 1. The molecule has 114 valence electrons. The molecule has 0 atom stereocenters. The summed E-state index contributed by atoms with van der Waals surface area (Å²) in [6.07, 6.45) is 11.7. The Hall–Kier alpha value is -0.770. The lowest BCUT2D eigenvalue weighted by molar-refractivity contribution is -0.0564. The molecule has 4 heteroatoms. The Morgan fingerprint density at radius 3 is 2.38 bits per heavy atom. The molecule has 2 N–H and O–H groups in total. The van der Waals surface area contributed by atoms with Gasteiger partial charge in [-0.15, -0.1) is 0 Å². The van der Waals surface area contributed by atoms with E-state index in [-0.39, 0.29) is 5.91 Å². The third-order valence-corrected chi connectivity index (χ3v) is 6.46. The maximum absolute atomic E-state index is 12.1. The molecule has 0 saturated heterocycles. The molecule has 1 aromatic rings. The molecule has 4 saturated carbocycles. The molecule has 1 amide bonds. The average Bonchev–Trinajstić information content (AvgIpc) is 2.83. The minimum Gasteiger partial charge on any atom is -0.356 e. The Bertz CT molecular complexity index is 515. The van der Waals surface area contributed by atoms with Crippen molar-refractivity contribution in [3.8, 4) is 0 Å². The van der Waals surface area contributed by atoms with Crippen molar-refractivity contribution in [1.29, 1.82) is 0 Å². The molecule has 0 radical (unpaired) electrons. The van der Waals surface area contributed by atoms with Gasteiger partial charge in [0, 0.05) is 17.2 Å². The standard InChI is InChI=1S/C17H23BrN2O/c18-14-6-15(20-10-14)16(21)19-2-1-17-7-11-3-12(8-17)5-13(4-11)9-17/h6,10-13,20H,1-5,7-9H2,(H,19,21). The smallest absolute Gasteiger partial charge is 0.267 e. The number of halogens is 1. The van der Waals surface area contributed by atoms with E-state index >= 15 is 0 Å². The van der Waals surface area contributed by atoms with Crippen molar-refractivity contribution >= 4 is 21.8 Å². The van der Waals surface area contributed by atoms with Gasteiger partial charge in [-0.3, -0.25) is 4.79 Å². The van der Waals surface area contributed by atoms with Gasteiger partial charge in [0.05, 0.1) is 0 Å². The molecule has 0 aromatic carbocycles. The van der Waals surface area contributed by atoms with E-state index in [0.29, 0.717) is 11.1 Å². The van der Waals surface area contributed by atoms with E-state index in [1.165, 1.54) is 44.9 Å². The van der Waals surface area contributed by atoms with Crippen molar-refractivity contribution < 1.29 is 4.79 Å². The minimum absolute atomic E-state index is 0.0189.